The molecule has 0 aromatic heterocycles. The first kappa shape index (κ1) is 14.9. The van der Waals surface area contributed by atoms with Crippen molar-refractivity contribution in [2.75, 3.05) is 19.8 Å². The molecule has 0 aromatic carbocycles. The standard InChI is InChI=1S/C14H22O4/c1-4-11-10-14(11,13(16)18-6-3)12(15)8-7-9-17-5-2/h4,11H,1,5-10H2,2-3H3. The summed E-state index contributed by atoms with van der Waals surface area (Å²) in [6.07, 6.45) is 3.24. The maximum atomic E-state index is 12.2. The highest BCUT2D eigenvalue weighted by molar-refractivity contribution is 6.07. The number of ether oxygens (including phenoxy) is 2. The summed E-state index contributed by atoms with van der Waals surface area (Å²) < 4.78 is 10.2. The van der Waals surface area contributed by atoms with Crippen LogP contribution in [0.5, 0.6) is 0 Å². The van der Waals surface area contributed by atoms with E-state index in [2.05, 4.69) is 6.58 Å². The van der Waals surface area contributed by atoms with Crippen LogP contribution in [0.15, 0.2) is 12.7 Å². The Hall–Kier alpha value is -1.16. The summed E-state index contributed by atoms with van der Waals surface area (Å²) in [5.41, 5.74) is -0.941. The molecule has 1 aliphatic rings. The number of carbonyl (C=O) groups is 2. The first-order valence-electron chi connectivity index (χ1n) is 6.54. The van der Waals surface area contributed by atoms with Crippen LogP contribution < -0.4 is 0 Å². The van der Waals surface area contributed by atoms with Gasteiger partial charge in [-0.05, 0) is 26.7 Å². The van der Waals surface area contributed by atoms with Crippen molar-refractivity contribution in [1.29, 1.82) is 0 Å². The van der Waals surface area contributed by atoms with Crippen molar-refractivity contribution in [3.63, 3.8) is 0 Å². The topological polar surface area (TPSA) is 52.6 Å². The van der Waals surface area contributed by atoms with Crippen LogP contribution >= 0.6 is 0 Å². The Morgan fingerprint density at radius 1 is 1.39 bits per heavy atom. The van der Waals surface area contributed by atoms with Gasteiger partial charge < -0.3 is 9.47 Å². The molecule has 0 heterocycles. The molecule has 0 bridgehead atoms. The quantitative estimate of drug-likeness (QED) is 0.274. The van der Waals surface area contributed by atoms with Crippen LogP contribution in [0, 0.1) is 11.3 Å². The van der Waals surface area contributed by atoms with Crippen molar-refractivity contribution in [2.45, 2.75) is 33.1 Å². The first-order valence-corrected chi connectivity index (χ1v) is 6.54. The first-order chi connectivity index (χ1) is 8.63. The lowest BCUT2D eigenvalue weighted by atomic mass is 9.94. The van der Waals surface area contributed by atoms with E-state index >= 15 is 0 Å². The zero-order chi connectivity index (χ0) is 13.6. The SMILES string of the molecule is C=CC1CC1(C(=O)CCCOCC)C(=O)OCC. The van der Waals surface area contributed by atoms with E-state index in [4.69, 9.17) is 9.47 Å². The van der Waals surface area contributed by atoms with Gasteiger partial charge in [0, 0.05) is 25.6 Å². The fraction of sp³-hybridized carbons (Fsp3) is 0.714. The number of carbonyl (C=O) groups excluding carboxylic acids is 2. The van der Waals surface area contributed by atoms with Gasteiger partial charge in [0.15, 0.2) is 5.78 Å². The number of hydrogen-bond acceptors (Lipinski definition) is 4. The Balaban J connectivity index is 2.55. The van der Waals surface area contributed by atoms with Gasteiger partial charge in [0.1, 0.15) is 5.41 Å². The summed E-state index contributed by atoms with van der Waals surface area (Å²) in [6.45, 7) is 8.83. The van der Waals surface area contributed by atoms with E-state index in [1.165, 1.54) is 0 Å². The summed E-state index contributed by atoms with van der Waals surface area (Å²) in [7, 11) is 0. The van der Waals surface area contributed by atoms with Crippen molar-refractivity contribution >= 4 is 11.8 Å². The normalized spacial score (nSPS) is 25.6. The molecular weight excluding hydrogens is 232 g/mol. The Morgan fingerprint density at radius 3 is 2.61 bits per heavy atom. The lowest BCUT2D eigenvalue weighted by molar-refractivity contribution is -0.154. The molecule has 1 rings (SSSR count). The Morgan fingerprint density at radius 2 is 2.11 bits per heavy atom. The molecule has 0 aliphatic heterocycles. The molecule has 4 nitrogen and oxygen atoms in total. The fourth-order valence-electron chi connectivity index (χ4n) is 2.20. The second-order valence-electron chi connectivity index (χ2n) is 4.46. The number of Topliss-reactive ketones (excluding diaryl/α,β-unsaturated/α-hetero) is 1. The van der Waals surface area contributed by atoms with E-state index in [9.17, 15) is 9.59 Å². The molecule has 0 amide bonds. The van der Waals surface area contributed by atoms with Gasteiger partial charge in [-0.15, -0.1) is 6.58 Å². The molecular formula is C14H22O4. The van der Waals surface area contributed by atoms with Crippen LogP contribution in [0.2, 0.25) is 0 Å². The highest BCUT2D eigenvalue weighted by Crippen LogP contribution is 2.55. The predicted octanol–water partition coefficient (Wildman–Crippen LogP) is 2.13. The summed E-state index contributed by atoms with van der Waals surface area (Å²) in [6, 6.07) is 0. The zero-order valence-corrected chi connectivity index (χ0v) is 11.2. The van der Waals surface area contributed by atoms with E-state index in [-0.39, 0.29) is 11.7 Å². The molecule has 0 N–H and O–H groups in total. The maximum absolute atomic E-state index is 12.2. The molecule has 2 unspecified atom stereocenters. The number of esters is 1. The van der Waals surface area contributed by atoms with Gasteiger partial charge in [-0.1, -0.05) is 6.08 Å². The summed E-state index contributed by atoms with van der Waals surface area (Å²) >= 11 is 0. The molecule has 1 fully saturated rings. The fourth-order valence-corrected chi connectivity index (χ4v) is 2.20. The van der Waals surface area contributed by atoms with Crippen molar-refractivity contribution in [3.8, 4) is 0 Å². The minimum Gasteiger partial charge on any atom is -0.465 e. The van der Waals surface area contributed by atoms with Gasteiger partial charge in [0.25, 0.3) is 0 Å². The number of ketones is 1. The lowest BCUT2D eigenvalue weighted by Crippen LogP contribution is -2.30. The third-order valence-electron chi connectivity index (χ3n) is 3.33. The van der Waals surface area contributed by atoms with Crippen molar-refractivity contribution < 1.29 is 19.1 Å². The van der Waals surface area contributed by atoms with Gasteiger partial charge in [0.2, 0.25) is 0 Å². The molecule has 0 aromatic rings. The number of allylic oxidation sites excluding steroid dienone is 1. The Bertz CT molecular complexity index is 324. The van der Waals surface area contributed by atoms with E-state index in [0.29, 0.717) is 39.1 Å². The van der Waals surface area contributed by atoms with E-state index in [1.54, 1.807) is 13.0 Å². The molecule has 2 atom stereocenters. The van der Waals surface area contributed by atoms with Crippen LogP contribution in [-0.2, 0) is 19.1 Å². The molecule has 1 aliphatic carbocycles. The average Bonchev–Trinajstić information content (AvgIpc) is 3.10. The Labute approximate surface area is 108 Å². The monoisotopic (exact) mass is 254 g/mol. The van der Waals surface area contributed by atoms with Gasteiger partial charge in [0.05, 0.1) is 6.61 Å². The van der Waals surface area contributed by atoms with Gasteiger partial charge in [-0.3, -0.25) is 9.59 Å². The zero-order valence-electron chi connectivity index (χ0n) is 11.2. The maximum Gasteiger partial charge on any atom is 0.320 e. The minimum absolute atomic E-state index is 0.0365. The molecule has 1 saturated carbocycles. The number of hydrogen-bond donors (Lipinski definition) is 0. The molecule has 102 valence electrons. The van der Waals surface area contributed by atoms with E-state index in [0.717, 1.165) is 0 Å². The molecule has 0 spiro atoms. The van der Waals surface area contributed by atoms with Crippen LogP contribution in [-0.4, -0.2) is 31.6 Å². The van der Waals surface area contributed by atoms with Crippen LogP contribution in [0.25, 0.3) is 0 Å². The van der Waals surface area contributed by atoms with Crippen LogP contribution in [0.4, 0.5) is 0 Å². The molecule has 0 saturated heterocycles. The molecule has 0 radical (unpaired) electrons. The highest BCUT2D eigenvalue weighted by Gasteiger charge is 2.64. The second kappa shape index (κ2) is 6.69. The second-order valence-corrected chi connectivity index (χ2v) is 4.46. The third kappa shape index (κ3) is 2.99. The highest BCUT2D eigenvalue weighted by atomic mass is 16.5. The predicted molar refractivity (Wildman–Crippen MR) is 68.1 cm³/mol. The summed E-state index contributed by atoms with van der Waals surface area (Å²) in [5, 5.41) is 0. The largest absolute Gasteiger partial charge is 0.465 e. The average molecular weight is 254 g/mol. The number of rotatable bonds is 9. The van der Waals surface area contributed by atoms with Crippen molar-refractivity contribution in [3.05, 3.63) is 12.7 Å². The van der Waals surface area contributed by atoms with Gasteiger partial charge in [-0.2, -0.15) is 0 Å². The summed E-state index contributed by atoms with van der Waals surface area (Å²) in [4.78, 5) is 24.1. The third-order valence-corrected chi connectivity index (χ3v) is 3.33. The Kier molecular flexibility index (Phi) is 5.54. The molecule has 4 heteroatoms. The minimum atomic E-state index is -0.941. The van der Waals surface area contributed by atoms with Gasteiger partial charge >= 0.3 is 5.97 Å². The lowest BCUT2D eigenvalue weighted by Gasteiger charge is -2.14. The van der Waals surface area contributed by atoms with Gasteiger partial charge in [-0.25, -0.2) is 0 Å². The van der Waals surface area contributed by atoms with Crippen molar-refractivity contribution in [2.24, 2.45) is 11.3 Å². The van der Waals surface area contributed by atoms with Crippen LogP contribution in [0.1, 0.15) is 33.1 Å². The molecule has 18 heavy (non-hydrogen) atoms. The summed E-state index contributed by atoms with van der Waals surface area (Å²) in [5.74, 6) is -0.488. The smallest absolute Gasteiger partial charge is 0.320 e. The van der Waals surface area contributed by atoms with Crippen LogP contribution in [0.3, 0.4) is 0 Å². The van der Waals surface area contributed by atoms with Crippen molar-refractivity contribution in [1.82, 2.24) is 0 Å². The van der Waals surface area contributed by atoms with E-state index in [1.807, 2.05) is 6.92 Å². The van der Waals surface area contributed by atoms with E-state index < -0.39 is 11.4 Å².